The van der Waals surface area contributed by atoms with Crippen LogP contribution < -0.4 is 5.32 Å². The maximum Gasteiger partial charge on any atom is 0.319 e. The predicted molar refractivity (Wildman–Crippen MR) is 88.3 cm³/mol. The van der Waals surface area contributed by atoms with E-state index < -0.39 is 17.0 Å². The van der Waals surface area contributed by atoms with E-state index in [2.05, 4.69) is 15.5 Å². The molecule has 0 fully saturated rings. The minimum Gasteiger partial charge on any atom is -0.465 e. The summed E-state index contributed by atoms with van der Waals surface area (Å²) >= 11 is 1.21. The van der Waals surface area contributed by atoms with E-state index in [0.29, 0.717) is 11.6 Å². The highest BCUT2D eigenvalue weighted by molar-refractivity contribution is 8.00. The summed E-state index contributed by atoms with van der Waals surface area (Å²) in [6.07, 6.45) is 0. The first kappa shape index (κ1) is 17.9. The average molecular weight is 349 g/mol. The van der Waals surface area contributed by atoms with Gasteiger partial charge in [-0.15, -0.1) is 10.2 Å². The smallest absolute Gasteiger partial charge is 0.319 e. The molecule has 126 valence electrons. The molecule has 1 atom stereocenters. The number of hydrogen-bond acceptors (Lipinski definition) is 6. The van der Waals surface area contributed by atoms with E-state index in [1.54, 1.807) is 26.0 Å². The number of thioether (sulfide) groups is 1. The highest BCUT2D eigenvalue weighted by Crippen LogP contribution is 2.22. The highest BCUT2D eigenvalue weighted by atomic mass is 32.2. The normalized spacial score (nSPS) is 11.6. The van der Waals surface area contributed by atoms with E-state index in [0.717, 1.165) is 6.07 Å². The number of ether oxygens (including phenoxy) is 1. The second kappa shape index (κ2) is 8.39. The fraction of sp³-hybridized carbons (Fsp3) is 0.250. The zero-order valence-corrected chi connectivity index (χ0v) is 14.0. The number of benzene rings is 1. The maximum atomic E-state index is 13.1. The second-order valence-electron chi connectivity index (χ2n) is 4.73. The van der Waals surface area contributed by atoms with Crippen molar-refractivity contribution < 1.29 is 18.7 Å². The van der Waals surface area contributed by atoms with Crippen LogP contribution in [-0.4, -0.2) is 33.9 Å². The fourth-order valence-electron chi connectivity index (χ4n) is 1.76. The molecule has 8 heteroatoms. The zero-order chi connectivity index (χ0) is 17.5. The Balaban J connectivity index is 1.97. The Morgan fingerprint density at radius 3 is 2.71 bits per heavy atom. The molecule has 0 aliphatic heterocycles. The number of carbonyl (C=O) groups is 2. The van der Waals surface area contributed by atoms with Gasteiger partial charge in [0, 0.05) is 5.56 Å². The van der Waals surface area contributed by atoms with Crippen molar-refractivity contribution in [2.75, 3.05) is 11.9 Å². The van der Waals surface area contributed by atoms with Gasteiger partial charge >= 0.3 is 5.97 Å². The molecule has 1 aromatic heterocycles. The van der Waals surface area contributed by atoms with E-state index in [-0.39, 0.29) is 17.4 Å². The Kier molecular flexibility index (Phi) is 6.25. The van der Waals surface area contributed by atoms with Gasteiger partial charge in [-0.25, -0.2) is 4.39 Å². The molecule has 2 aromatic rings. The van der Waals surface area contributed by atoms with Crippen LogP contribution in [0.3, 0.4) is 0 Å². The van der Waals surface area contributed by atoms with Crippen LogP contribution in [0.25, 0.3) is 0 Å². The lowest BCUT2D eigenvalue weighted by Crippen LogP contribution is -2.17. The highest BCUT2D eigenvalue weighted by Gasteiger charge is 2.16. The minimum atomic E-state index is -0.492. The molecule has 0 saturated heterocycles. The zero-order valence-electron chi connectivity index (χ0n) is 13.2. The number of anilines is 1. The van der Waals surface area contributed by atoms with Crippen LogP contribution in [0.5, 0.6) is 0 Å². The van der Waals surface area contributed by atoms with Crippen LogP contribution in [0.1, 0.15) is 24.2 Å². The molecule has 0 aliphatic carbocycles. The summed E-state index contributed by atoms with van der Waals surface area (Å²) in [5, 5.41) is 10.5. The number of nitrogens with one attached hydrogen (secondary N) is 1. The average Bonchev–Trinajstić information content (AvgIpc) is 2.56. The summed E-state index contributed by atoms with van der Waals surface area (Å²) in [5.41, 5.74) is 0.186. The third-order valence-electron chi connectivity index (χ3n) is 2.88. The third kappa shape index (κ3) is 5.02. The van der Waals surface area contributed by atoms with Crippen molar-refractivity contribution in [2.45, 2.75) is 24.1 Å². The largest absolute Gasteiger partial charge is 0.465 e. The van der Waals surface area contributed by atoms with Gasteiger partial charge in [0.05, 0.1) is 6.61 Å². The summed E-state index contributed by atoms with van der Waals surface area (Å²) in [7, 11) is 0. The van der Waals surface area contributed by atoms with E-state index in [1.807, 2.05) is 0 Å². The summed E-state index contributed by atoms with van der Waals surface area (Å²) in [4.78, 5) is 23.5. The van der Waals surface area contributed by atoms with E-state index >= 15 is 0 Å². The first-order valence-electron chi connectivity index (χ1n) is 7.23. The summed E-state index contributed by atoms with van der Waals surface area (Å²) in [6.45, 7) is 3.77. The van der Waals surface area contributed by atoms with Crippen LogP contribution in [-0.2, 0) is 9.53 Å². The van der Waals surface area contributed by atoms with Gasteiger partial charge in [0.2, 0.25) is 0 Å². The van der Waals surface area contributed by atoms with Crippen LogP contribution >= 0.6 is 11.8 Å². The van der Waals surface area contributed by atoms with Crippen LogP contribution in [0, 0.1) is 5.82 Å². The lowest BCUT2D eigenvalue weighted by atomic mass is 10.2. The van der Waals surface area contributed by atoms with Crippen molar-refractivity contribution in [3.05, 3.63) is 47.8 Å². The standard InChI is InChI=1S/C16H16FN3O3S/c1-3-23-16(22)10(2)24-14-8-7-13(19-20-14)18-15(21)11-5-4-6-12(17)9-11/h4-10H,3H2,1-2H3,(H,18,19,21). The van der Waals surface area contributed by atoms with Crippen molar-refractivity contribution in [2.24, 2.45) is 0 Å². The van der Waals surface area contributed by atoms with E-state index in [4.69, 9.17) is 4.74 Å². The van der Waals surface area contributed by atoms with Gasteiger partial charge in [0.1, 0.15) is 16.1 Å². The molecule has 0 aliphatic rings. The van der Waals surface area contributed by atoms with Gasteiger partial charge in [-0.2, -0.15) is 0 Å². The number of esters is 1. The Bertz CT molecular complexity index is 725. The molecule has 1 unspecified atom stereocenters. The molecule has 0 radical (unpaired) electrons. The van der Waals surface area contributed by atoms with Gasteiger partial charge in [-0.3, -0.25) is 9.59 Å². The topological polar surface area (TPSA) is 81.2 Å². The minimum absolute atomic E-state index is 0.186. The summed E-state index contributed by atoms with van der Waals surface area (Å²) in [6, 6.07) is 8.53. The summed E-state index contributed by atoms with van der Waals surface area (Å²) < 4.78 is 18.0. The van der Waals surface area contributed by atoms with Crippen LogP contribution in [0.15, 0.2) is 41.4 Å². The lowest BCUT2D eigenvalue weighted by Gasteiger charge is -2.09. The molecule has 0 saturated carbocycles. The molecule has 0 bridgehead atoms. The first-order chi connectivity index (χ1) is 11.5. The number of nitrogens with zero attached hydrogens (tertiary/aromatic N) is 2. The molecular formula is C16H16FN3O3S. The third-order valence-corrected chi connectivity index (χ3v) is 3.89. The van der Waals surface area contributed by atoms with Gasteiger partial charge in [0.15, 0.2) is 5.82 Å². The second-order valence-corrected chi connectivity index (χ2v) is 6.09. The fourth-order valence-corrected chi connectivity index (χ4v) is 2.52. The Labute approximate surface area is 142 Å². The number of hydrogen-bond donors (Lipinski definition) is 1. The van der Waals surface area contributed by atoms with Crippen molar-refractivity contribution in [3.63, 3.8) is 0 Å². The number of aromatic nitrogens is 2. The van der Waals surface area contributed by atoms with Gasteiger partial charge < -0.3 is 10.1 Å². The monoisotopic (exact) mass is 349 g/mol. The first-order valence-corrected chi connectivity index (χ1v) is 8.11. The Hall–Kier alpha value is -2.48. The molecule has 6 nitrogen and oxygen atoms in total. The molecule has 0 spiro atoms. The van der Waals surface area contributed by atoms with Gasteiger partial charge in [-0.1, -0.05) is 17.8 Å². The molecule has 1 amide bonds. The van der Waals surface area contributed by atoms with Crippen LogP contribution in [0.4, 0.5) is 10.2 Å². The van der Waals surface area contributed by atoms with Gasteiger partial charge in [0.25, 0.3) is 5.91 Å². The molecule has 1 N–H and O–H groups in total. The number of carbonyl (C=O) groups excluding carboxylic acids is 2. The van der Waals surface area contributed by atoms with Gasteiger partial charge in [-0.05, 0) is 44.2 Å². The maximum absolute atomic E-state index is 13.1. The lowest BCUT2D eigenvalue weighted by molar-refractivity contribution is -0.142. The SMILES string of the molecule is CCOC(=O)C(C)Sc1ccc(NC(=O)c2cccc(F)c2)nn1. The summed E-state index contributed by atoms with van der Waals surface area (Å²) in [5.74, 6) is -1.07. The number of rotatable bonds is 6. The van der Waals surface area contributed by atoms with E-state index in [9.17, 15) is 14.0 Å². The van der Waals surface area contributed by atoms with Crippen molar-refractivity contribution in [1.82, 2.24) is 10.2 Å². The number of amides is 1. The van der Waals surface area contributed by atoms with Crippen molar-refractivity contribution in [1.29, 1.82) is 0 Å². The predicted octanol–water partition coefficient (Wildman–Crippen LogP) is 2.91. The van der Waals surface area contributed by atoms with Crippen molar-refractivity contribution >= 4 is 29.5 Å². The molecule has 1 aromatic carbocycles. The van der Waals surface area contributed by atoms with Crippen molar-refractivity contribution in [3.8, 4) is 0 Å². The Morgan fingerprint density at radius 1 is 1.29 bits per heavy atom. The quantitative estimate of drug-likeness (QED) is 0.638. The van der Waals surface area contributed by atoms with Crippen LogP contribution in [0.2, 0.25) is 0 Å². The molecule has 24 heavy (non-hydrogen) atoms. The molecule has 2 rings (SSSR count). The van der Waals surface area contributed by atoms with E-state index in [1.165, 1.54) is 30.0 Å². The Morgan fingerprint density at radius 2 is 2.08 bits per heavy atom. The number of halogens is 1. The molecular weight excluding hydrogens is 333 g/mol. The molecule has 1 heterocycles.